The van der Waals surface area contributed by atoms with Crippen LogP contribution in [-0.2, 0) is 20.1 Å². The molecule has 1 unspecified atom stereocenters. The first kappa shape index (κ1) is 16.7. The van der Waals surface area contributed by atoms with Gasteiger partial charge >= 0.3 is 5.97 Å². The number of thiophene rings is 1. The fourth-order valence-corrected chi connectivity index (χ4v) is 7.33. The summed E-state index contributed by atoms with van der Waals surface area (Å²) >= 11 is 7.32. The predicted molar refractivity (Wildman–Crippen MR) is 90.0 cm³/mol. The highest BCUT2D eigenvalue weighted by atomic mass is 35.5. The molecular weight excluding hydrogens is 360 g/mol. The number of halogens is 1. The van der Waals surface area contributed by atoms with Crippen LogP contribution in [0.2, 0.25) is 5.02 Å². The van der Waals surface area contributed by atoms with E-state index in [4.69, 9.17) is 17.3 Å². The molecule has 1 aliphatic heterocycles. The zero-order valence-electron chi connectivity index (χ0n) is 12.8. The molecule has 1 atom stereocenters. The Morgan fingerprint density at radius 2 is 2.13 bits per heavy atom. The van der Waals surface area contributed by atoms with Gasteiger partial charge in [0.15, 0.2) is 9.84 Å². The molecule has 1 aromatic rings. The van der Waals surface area contributed by atoms with Gasteiger partial charge in [-0.3, -0.25) is 4.99 Å². The third kappa shape index (κ3) is 2.30. The van der Waals surface area contributed by atoms with Gasteiger partial charge in [0.1, 0.15) is 21.0 Å². The molecule has 2 aliphatic rings. The van der Waals surface area contributed by atoms with Gasteiger partial charge in [0, 0.05) is 0 Å². The molecule has 0 saturated heterocycles. The predicted octanol–water partition coefficient (Wildman–Crippen LogP) is 2.11. The molecule has 2 N–H and O–H groups in total. The van der Waals surface area contributed by atoms with Crippen LogP contribution in [0.5, 0.6) is 0 Å². The molecule has 0 radical (unpaired) electrons. The SMILES string of the molecule is COC(=O)c1cc(Cl)c(C2(C)CS(=O)(=O)C3(CCC3)C(N)=N2)s1. The number of rotatable bonds is 2. The first-order valence-electron chi connectivity index (χ1n) is 7.11. The van der Waals surface area contributed by atoms with Crippen LogP contribution < -0.4 is 5.73 Å². The van der Waals surface area contributed by atoms with Gasteiger partial charge in [0.25, 0.3) is 0 Å². The second-order valence-electron chi connectivity index (χ2n) is 6.16. The Hall–Kier alpha value is -1.12. The highest BCUT2D eigenvalue weighted by Gasteiger charge is 2.58. The largest absolute Gasteiger partial charge is 0.465 e. The lowest BCUT2D eigenvalue weighted by Crippen LogP contribution is -2.61. The molecule has 6 nitrogen and oxygen atoms in total. The Labute approximate surface area is 143 Å². The second kappa shape index (κ2) is 5.19. The first-order valence-corrected chi connectivity index (χ1v) is 9.96. The summed E-state index contributed by atoms with van der Waals surface area (Å²) in [5.41, 5.74) is 4.96. The third-order valence-corrected chi connectivity index (χ3v) is 9.15. The number of aliphatic imine (C=N–C) groups is 1. The van der Waals surface area contributed by atoms with Crippen molar-refractivity contribution >= 4 is 44.6 Å². The maximum absolute atomic E-state index is 12.8. The fourth-order valence-electron chi connectivity index (χ4n) is 3.19. The van der Waals surface area contributed by atoms with Crippen LogP contribution in [0.15, 0.2) is 11.1 Å². The van der Waals surface area contributed by atoms with E-state index in [1.165, 1.54) is 13.2 Å². The summed E-state index contributed by atoms with van der Waals surface area (Å²) in [4.78, 5) is 17.0. The molecule has 2 heterocycles. The summed E-state index contributed by atoms with van der Waals surface area (Å²) in [6.45, 7) is 1.68. The monoisotopic (exact) mass is 376 g/mol. The Morgan fingerprint density at radius 1 is 1.48 bits per heavy atom. The van der Waals surface area contributed by atoms with E-state index in [2.05, 4.69) is 9.73 Å². The molecule has 9 heteroatoms. The van der Waals surface area contributed by atoms with Crippen LogP contribution >= 0.6 is 22.9 Å². The van der Waals surface area contributed by atoms with E-state index in [9.17, 15) is 13.2 Å². The average molecular weight is 377 g/mol. The summed E-state index contributed by atoms with van der Waals surface area (Å²) in [6.07, 6.45) is 1.87. The van der Waals surface area contributed by atoms with Crippen LogP contribution in [0.25, 0.3) is 0 Å². The van der Waals surface area contributed by atoms with Gasteiger partial charge in [-0.05, 0) is 32.3 Å². The van der Waals surface area contributed by atoms with Crippen LogP contribution in [0.4, 0.5) is 0 Å². The van der Waals surface area contributed by atoms with Gasteiger partial charge in [-0.1, -0.05) is 11.6 Å². The summed E-state index contributed by atoms with van der Waals surface area (Å²) in [7, 11) is -2.17. The fraction of sp³-hybridized carbons (Fsp3) is 0.571. The highest BCUT2D eigenvalue weighted by molar-refractivity contribution is 7.93. The van der Waals surface area contributed by atoms with Crippen LogP contribution in [-0.4, -0.2) is 37.8 Å². The molecule has 0 amide bonds. The summed E-state index contributed by atoms with van der Waals surface area (Å²) in [5.74, 6) is -0.527. The Bertz CT molecular complexity index is 811. The van der Waals surface area contributed by atoms with Gasteiger partial charge in [0.2, 0.25) is 0 Å². The number of nitrogens with zero attached hydrogens (tertiary/aromatic N) is 1. The number of hydrogen-bond acceptors (Lipinski definition) is 7. The lowest BCUT2D eigenvalue weighted by atomic mass is 9.82. The number of carbonyl (C=O) groups is 1. The molecule has 1 saturated carbocycles. The molecule has 0 aromatic carbocycles. The van der Waals surface area contributed by atoms with E-state index >= 15 is 0 Å². The number of carbonyl (C=O) groups excluding carboxylic acids is 1. The minimum atomic E-state index is -3.45. The van der Waals surface area contributed by atoms with E-state index in [1.807, 2.05) is 0 Å². The minimum Gasteiger partial charge on any atom is -0.465 e. The third-order valence-electron chi connectivity index (χ3n) is 4.62. The number of sulfone groups is 1. The molecule has 1 aromatic heterocycles. The lowest BCUT2D eigenvalue weighted by molar-refractivity contribution is 0.0606. The number of ether oxygens (including phenoxy) is 1. The summed E-state index contributed by atoms with van der Waals surface area (Å²) in [6, 6.07) is 1.48. The molecule has 1 spiro atoms. The van der Waals surface area contributed by atoms with Crippen molar-refractivity contribution in [2.24, 2.45) is 10.7 Å². The maximum atomic E-state index is 12.8. The molecule has 23 heavy (non-hydrogen) atoms. The lowest BCUT2D eigenvalue weighted by Gasteiger charge is -2.46. The van der Waals surface area contributed by atoms with E-state index in [0.717, 1.165) is 17.8 Å². The minimum absolute atomic E-state index is 0.154. The van der Waals surface area contributed by atoms with Crippen molar-refractivity contribution in [3.63, 3.8) is 0 Å². The molecule has 1 aliphatic carbocycles. The zero-order valence-corrected chi connectivity index (χ0v) is 15.1. The quantitative estimate of drug-likeness (QED) is 0.797. The Morgan fingerprint density at radius 3 is 2.61 bits per heavy atom. The molecule has 3 rings (SSSR count). The van der Waals surface area contributed by atoms with Crippen LogP contribution in [0.1, 0.15) is 40.7 Å². The number of amidine groups is 1. The van der Waals surface area contributed by atoms with Crippen molar-refractivity contribution < 1.29 is 17.9 Å². The van der Waals surface area contributed by atoms with E-state index in [-0.39, 0.29) is 11.6 Å². The zero-order chi connectivity index (χ0) is 17.0. The van der Waals surface area contributed by atoms with Crippen molar-refractivity contribution in [1.82, 2.24) is 0 Å². The van der Waals surface area contributed by atoms with Gasteiger partial charge in [0.05, 0.1) is 22.8 Å². The highest BCUT2D eigenvalue weighted by Crippen LogP contribution is 2.49. The van der Waals surface area contributed by atoms with E-state index in [0.29, 0.717) is 27.6 Å². The Kier molecular flexibility index (Phi) is 3.77. The second-order valence-corrected chi connectivity index (χ2v) is 9.92. The average Bonchev–Trinajstić information content (AvgIpc) is 2.76. The summed E-state index contributed by atoms with van der Waals surface area (Å²) in [5, 5.41) is 0.300. The smallest absolute Gasteiger partial charge is 0.348 e. The van der Waals surface area contributed by atoms with E-state index in [1.54, 1.807) is 6.92 Å². The van der Waals surface area contributed by atoms with Crippen molar-refractivity contribution in [1.29, 1.82) is 0 Å². The van der Waals surface area contributed by atoms with Gasteiger partial charge in [-0.15, -0.1) is 11.3 Å². The topological polar surface area (TPSA) is 98.8 Å². The van der Waals surface area contributed by atoms with Crippen molar-refractivity contribution in [3.8, 4) is 0 Å². The number of hydrogen-bond donors (Lipinski definition) is 1. The van der Waals surface area contributed by atoms with Gasteiger partial charge < -0.3 is 10.5 Å². The molecule has 126 valence electrons. The van der Waals surface area contributed by atoms with Crippen LogP contribution in [0.3, 0.4) is 0 Å². The Balaban J connectivity index is 2.10. The number of methoxy groups -OCH3 is 1. The maximum Gasteiger partial charge on any atom is 0.348 e. The van der Waals surface area contributed by atoms with Crippen LogP contribution in [0, 0.1) is 0 Å². The van der Waals surface area contributed by atoms with Crippen molar-refractivity contribution in [3.05, 3.63) is 20.8 Å². The van der Waals surface area contributed by atoms with Crippen molar-refractivity contribution in [2.45, 2.75) is 36.5 Å². The van der Waals surface area contributed by atoms with Crippen molar-refractivity contribution in [2.75, 3.05) is 12.9 Å². The molecule has 1 fully saturated rings. The number of nitrogens with two attached hydrogens (primary N) is 1. The van der Waals surface area contributed by atoms with Gasteiger partial charge in [-0.25, -0.2) is 13.2 Å². The van der Waals surface area contributed by atoms with Gasteiger partial charge in [-0.2, -0.15) is 0 Å². The normalized spacial score (nSPS) is 28.0. The van der Waals surface area contributed by atoms with E-state index < -0.39 is 26.1 Å². The number of esters is 1. The first-order chi connectivity index (χ1) is 10.7. The summed E-state index contributed by atoms with van der Waals surface area (Å²) < 4.78 is 29.3. The molecule has 0 bridgehead atoms. The standard InChI is InChI=1S/C14H17ClN2O4S2/c1-13(10-8(15)6-9(22-10)11(18)21-2)7-23(19,20)14(4-3-5-14)12(16)17-13/h6H,3-5,7H2,1-2H3,(H2,16,17). The molecular formula is C14H17ClN2O4S2.